The van der Waals surface area contributed by atoms with Crippen LogP contribution < -0.4 is 4.72 Å². The summed E-state index contributed by atoms with van der Waals surface area (Å²) < 4.78 is 30.9. The van der Waals surface area contributed by atoms with Crippen molar-refractivity contribution in [3.05, 3.63) is 33.3 Å². The van der Waals surface area contributed by atoms with E-state index >= 15 is 0 Å². The molecule has 96 valence electrons. The summed E-state index contributed by atoms with van der Waals surface area (Å²) in [6, 6.07) is 2.54. The molecular formula is C9H6BrNO5S2. The first kappa shape index (κ1) is 13.1. The lowest BCUT2D eigenvalue weighted by atomic mass is 10.5. The molecule has 9 heteroatoms. The summed E-state index contributed by atoms with van der Waals surface area (Å²) in [5.41, 5.74) is 0.407. The highest BCUT2D eigenvalue weighted by atomic mass is 79.9. The Morgan fingerprint density at radius 3 is 2.72 bits per heavy atom. The van der Waals surface area contributed by atoms with Crippen LogP contribution in [0.25, 0.3) is 0 Å². The van der Waals surface area contributed by atoms with Gasteiger partial charge < -0.3 is 9.52 Å². The summed E-state index contributed by atoms with van der Waals surface area (Å²) in [6.45, 7) is 0. The molecule has 2 heterocycles. The van der Waals surface area contributed by atoms with Crippen LogP contribution in [0.3, 0.4) is 0 Å². The third kappa shape index (κ3) is 2.57. The fourth-order valence-corrected chi connectivity index (χ4v) is 3.83. The highest BCUT2D eigenvalue weighted by molar-refractivity contribution is 9.10. The number of hydrogen-bond acceptors (Lipinski definition) is 5. The van der Waals surface area contributed by atoms with E-state index in [4.69, 9.17) is 9.52 Å². The van der Waals surface area contributed by atoms with Gasteiger partial charge in [-0.05, 0) is 27.4 Å². The first-order chi connectivity index (χ1) is 8.40. The molecule has 0 spiro atoms. The van der Waals surface area contributed by atoms with Crippen LogP contribution in [-0.2, 0) is 10.0 Å². The van der Waals surface area contributed by atoms with E-state index in [0.29, 0.717) is 5.69 Å². The SMILES string of the molecule is O=C(O)c1cc(S(=O)(=O)Nc2ccsc2)c(Br)o1. The van der Waals surface area contributed by atoms with Crippen LogP contribution in [0, 0.1) is 0 Å². The molecule has 2 N–H and O–H groups in total. The molecule has 2 aromatic heterocycles. The number of sulfonamides is 1. The van der Waals surface area contributed by atoms with E-state index in [-0.39, 0.29) is 9.56 Å². The number of rotatable bonds is 4. The standard InChI is InChI=1S/C9H6BrNO5S2/c10-8-7(3-6(16-8)9(12)13)18(14,15)11-5-1-2-17-4-5/h1-4,11H,(H,12,13). The van der Waals surface area contributed by atoms with E-state index < -0.39 is 21.8 Å². The van der Waals surface area contributed by atoms with Gasteiger partial charge >= 0.3 is 5.97 Å². The van der Waals surface area contributed by atoms with Gasteiger partial charge in [0.25, 0.3) is 10.0 Å². The lowest BCUT2D eigenvalue weighted by Gasteiger charge is -2.03. The molecule has 0 fully saturated rings. The Bertz CT molecular complexity index is 674. The summed E-state index contributed by atoms with van der Waals surface area (Å²) in [5.74, 6) is -1.79. The molecule has 2 rings (SSSR count). The van der Waals surface area contributed by atoms with Crippen molar-refractivity contribution in [3.8, 4) is 0 Å². The zero-order chi connectivity index (χ0) is 13.3. The topological polar surface area (TPSA) is 96.6 Å². The minimum atomic E-state index is -3.87. The van der Waals surface area contributed by atoms with Crippen molar-refractivity contribution in [2.45, 2.75) is 4.90 Å². The molecule has 2 aromatic rings. The third-order valence-electron chi connectivity index (χ3n) is 1.93. The second kappa shape index (κ2) is 4.75. The zero-order valence-electron chi connectivity index (χ0n) is 8.58. The molecule has 0 atom stereocenters. The van der Waals surface area contributed by atoms with Gasteiger partial charge in [0.1, 0.15) is 4.90 Å². The van der Waals surface area contributed by atoms with Gasteiger partial charge in [-0.25, -0.2) is 13.2 Å². The maximum Gasteiger partial charge on any atom is 0.371 e. The van der Waals surface area contributed by atoms with Crippen LogP contribution in [0.15, 0.2) is 36.9 Å². The van der Waals surface area contributed by atoms with Crippen molar-refractivity contribution >= 4 is 48.9 Å². The molecule has 0 saturated carbocycles. The van der Waals surface area contributed by atoms with Crippen molar-refractivity contribution in [1.82, 2.24) is 0 Å². The second-order valence-corrected chi connectivity index (χ2v) is 6.32. The summed E-state index contributed by atoms with van der Waals surface area (Å²) >= 11 is 4.21. The first-order valence-corrected chi connectivity index (χ1v) is 7.69. The summed E-state index contributed by atoms with van der Waals surface area (Å²) in [4.78, 5) is 10.4. The Morgan fingerprint density at radius 2 is 2.22 bits per heavy atom. The largest absolute Gasteiger partial charge is 0.475 e. The van der Waals surface area contributed by atoms with E-state index in [0.717, 1.165) is 6.07 Å². The van der Waals surface area contributed by atoms with E-state index in [1.807, 2.05) is 0 Å². The Balaban J connectivity index is 2.38. The Kier molecular flexibility index (Phi) is 3.46. The van der Waals surface area contributed by atoms with Crippen molar-refractivity contribution in [3.63, 3.8) is 0 Å². The average Bonchev–Trinajstić information content (AvgIpc) is 2.86. The van der Waals surface area contributed by atoms with Gasteiger partial charge in [-0.1, -0.05) is 0 Å². The number of furan rings is 1. The predicted molar refractivity (Wildman–Crippen MR) is 68.5 cm³/mol. The average molecular weight is 352 g/mol. The molecule has 0 bridgehead atoms. The van der Waals surface area contributed by atoms with Crippen LogP contribution in [-0.4, -0.2) is 19.5 Å². The zero-order valence-corrected chi connectivity index (χ0v) is 11.8. The van der Waals surface area contributed by atoms with Crippen molar-refractivity contribution in [2.24, 2.45) is 0 Å². The number of hydrogen-bond donors (Lipinski definition) is 2. The number of aromatic carboxylic acids is 1. The van der Waals surface area contributed by atoms with Crippen molar-refractivity contribution in [2.75, 3.05) is 4.72 Å². The van der Waals surface area contributed by atoms with Crippen LogP contribution in [0.1, 0.15) is 10.6 Å². The molecule has 0 radical (unpaired) electrons. The van der Waals surface area contributed by atoms with E-state index in [1.165, 1.54) is 11.3 Å². The fourth-order valence-electron chi connectivity index (χ4n) is 1.17. The maximum absolute atomic E-state index is 12.0. The highest BCUT2D eigenvalue weighted by Crippen LogP contribution is 2.28. The summed E-state index contributed by atoms with van der Waals surface area (Å²) in [6.07, 6.45) is 0. The molecule has 0 saturated heterocycles. The van der Waals surface area contributed by atoms with Gasteiger partial charge in [0.15, 0.2) is 4.67 Å². The van der Waals surface area contributed by atoms with Gasteiger partial charge in [0.2, 0.25) is 5.76 Å². The quantitative estimate of drug-likeness (QED) is 0.882. The molecule has 0 amide bonds. The number of carboxylic acids is 1. The molecule has 0 aliphatic heterocycles. The first-order valence-electron chi connectivity index (χ1n) is 4.48. The molecular weight excluding hydrogens is 346 g/mol. The molecule has 0 unspecified atom stereocenters. The molecule has 0 aliphatic carbocycles. The monoisotopic (exact) mass is 351 g/mol. The van der Waals surface area contributed by atoms with Gasteiger partial charge in [-0.2, -0.15) is 11.3 Å². The van der Waals surface area contributed by atoms with Gasteiger partial charge in [-0.3, -0.25) is 4.72 Å². The van der Waals surface area contributed by atoms with E-state index in [2.05, 4.69) is 20.7 Å². The van der Waals surface area contributed by atoms with Gasteiger partial charge in [-0.15, -0.1) is 0 Å². The van der Waals surface area contributed by atoms with Crippen molar-refractivity contribution in [1.29, 1.82) is 0 Å². The summed E-state index contributed by atoms with van der Waals surface area (Å²) in [5, 5.41) is 12.0. The number of anilines is 1. The highest BCUT2D eigenvalue weighted by Gasteiger charge is 2.25. The molecule has 6 nitrogen and oxygen atoms in total. The lowest BCUT2D eigenvalue weighted by molar-refractivity contribution is 0.0661. The number of carbonyl (C=O) groups is 1. The lowest BCUT2D eigenvalue weighted by Crippen LogP contribution is -2.12. The van der Waals surface area contributed by atoms with Crippen LogP contribution in [0.5, 0.6) is 0 Å². The van der Waals surface area contributed by atoms with E-state index in [1.54, 1.807) is 16.8 Å². The van der Waals surface area contributed by atoms with Gasteiger partial charge in [0.05, 0.1) is 5.69 Å². The number of halogens is 1. The Labute approximate surface area is 114 Å². The fraction of sp³-hybridized carbons (Fsp3) is 0. The Morgan fingerprint density at radius 1 is 1.50 bits per heavy atom. The number of carboxylic acid groups (broad SMARTS) is 1. The van der Waals surface area contributed by atoms with Crippen LogP contribution >= 0.6 is 27.3 Å². The van der Waals surface area contributed by atoms with E-state index in [9.17, 15) is 13.2 Å². The normalized spacial score (nSPS) is 11.4. The van der Waals surface area contributed by atoms with Crippen LogP contribution in [0.2, 0.25) is 0 Å². The predicted octanol–water partition coefficient (Wildman–Crippen LogP) is 2.60. The van der Waals surface area contributed by atoms with Crippen LogP contribution in [0.4, 0.5) is 5.69 Å². The maximum atomic E-state index is 12.0. The minimum Gasteiger partial charge on any atom is -0.475 e. The minimum absolute atomic E-state index is 0.150. The number of thiophene rings is 1. The molecule has 0 aliphatic rings. The molecule has 0 aromatic carbocycles. The molecule has 18 heavy (non-hydrogen) atoms. The van der Waals surface area contributed by atoms with Crippen molar-refractivity contribution < 1.29 is 22.7 Å². The second-order valence-electron chi connectivity index (χ2n) is 3.17. The summed E-state index contributed by atoms with van der Waals surface area (Å²) in [7, 11) is -3.87. The van der Waals surface area contributed by atoms with Gasteiger partial charge in [0, 0.05) is 11.4 Å². The Hall–Kier alpha value is -1.32. The smallest absolute Gasteiger partial charge is 0.371 e. The number of nitrogens with one attached hydrogen (secondary N) is 1. The third-order valence-corrected chi connectivity index (χ3v) is 4.85.